The molecule has 1 aromatic carbocycles. The van der Waals surface area contributed by atoms with Gasteiger partial charge in [-0.15, -0.1) is 0 Å². The summed E-state index contributed by atoms with van der Waals surface area (Å²) in [6.45, 7) is 0. The molecular weight excluding hydrogens is 297 g/mol. The smallest absolute Gasteiger partial charge is 0.314 e. The van der Waals surface area contributed by atoms with E-state index in [-0.39, 0.29) is 0 Å². The van der Waals surface area contributed by atoms with Crippen molar-refractivity contribution in [3.8, 4) is 0 Å². The molecular formula is C15H13Cl2NO2. The minimum absolute atomic E-state index is 0.398. The SMILES string of the molecule is O=C(O)C1(c2ccc3nc(Cl)ccc3c2Cl)CCCC1. The predicted molar refractivity (Wildman–Crippen MR) is 79.5 cm³/mol. The summed E-state index contributed by atoms with van der Waals surface area (Å²) in [5.41, 5.74) is 0.524. The Hall–Kier alpha value is -1.32. The van der Waals surface area contributed by atoms with Crippen LogP contribution in [-0.4, -0.2) is 16.1 Å². The zero-order chi connectivity index (χ0) is 14.3. The number of carboxylic acids is 1. The Labute approximate surface area is 126 Å². The highest BCUT2D eigenvalue weighted by molar-refractivity contribution is 6.37. The summed E-state index contributed by atoms with van der Waals surface area (Å²) in [5, 5.41) is 11.3. The van der Waals surface area contributed by atoms with Gasteiger partial charge in [0.25, 0.3) is 0 Å². The van der Waals surface area contributed by atoms with E-state index < -0.39 is 11.4 Å². The van der Waals surface area contributed by atoms with E-state index in [2.05, 4.69) is 4.98 Å². The molecule has 0 spiro atoms. The minimum Gasteiger partial charge on any atom is -0.481 e. The number of carbonyl (C=O) groups is 1. The Kier molecular flexibility index (Phi) is 3.35. The number of rotatable bonds is 2. The molecule has 1 N–H and O–H groups in total. The number of hydrogen-bond donors (Lipinski definition) is 1. The molecule has 1 fully saturated rings. The van der Waals surface area contributed by atoms with Crippen molar-refractivity contribution in [3.05, 3.63) is 40.0 Å². The number of halogens is 2. The molecule has 1 aliphatic carbocycles. The van der Waals surface area contributed by atoms with Crippen LogP contribution >= 0.6 is 23.2 Å². The second kappa shape index (κ2) is 4.90. The maximum atomic E-state index is 11.8. The lowest BCUT2D eigenvalue weighted by molar-refractivity contribution is -0.143. The van der Waals surface area contributed by atoms with E-state index in [4.69, 9.17) is 23.2 Å². The summed E-state index contributed by atoms with van der Waals surface area (Å²) in [6.07, 6.45) is 3.10. The number of hydrogen-bond acceptors (Lipinski definition) is 2. The molecule has 3 nitrogen and oxygen atoms in total. The van der Waals surface area contributed by atoms with Gasteiger partial charge in [-0.2, -0.15) is 0 Å². The van der Waals surface area contributed by atoms with Crippen LogP contribution in [-0.2, 0) is 10.2 Å². The first-order valence-corrected chi connectivity index (χ1v) is 7.29. The molecule has 0 amide bonds. The molecule has 2 aromatic rings. The summed E-state index contributed by atoms with van der Waals surface area (Å²) in [6, 6.07) is 7.04. The van der Waals surface area contributed by atoms with Gasteiger partial charge in [0, 0.05) is 5.39 Å². The molecule has 5 heteroatoms. The zero-order valence-electron chi connectivity index (χ0n) is 10.7. The second-order valence-electron chi connectivity index (χ2n) is 5.22. The fraction of sp³-hybridized carbons (Fsp3) is 0.333. The van der Waals surface area contributed by atoms with Gasteiger partial charge in [-0.1, -0.05) is 42.1 Å². The number of pyridine rings is 1. The molecule has 1 aliphatic rings. The molecule has 0 atom stereocenters. The van der Waals surface area contributed by atoms with Crippen LogP contribution in [0, 0.1) is 0 Å². The van der Waals surface area contributed by atoms with Gasteiger partial charge in [-0.25, -0.2) is 4.98 Å². The van der Waals surface area contributed by atoms with Crippen molar-refractivity contribution in [1.82, 2.24) is 4.98 Å². The number of carboxylic acid groups (broad SMARTS) is 1. The molecule has 1 saturated carbocycles. The van der Waals surface area contributed by atoms with E-state index in [0.29, 0.717) is 34.1 Å². The zero-order valence-corrected chi connectivity index (χ0v) is 12.2. The van der Waals surface area contributed by atoms with Crippen LogP contribution in [0.1, 0.15) is 31.2 Å². The normalized spacial score (nSPS) is 17.5. The molecule has 1 heterocycles. The second-order valence-corrected chi connectivity index (χ2v) is 5.99. The Morgan fingerprint density at radius 3 is 2.50 bits per heavy atom. The first-order valence-electron chi connectivity index (χ1n) is 6.53. The highest BCUT2D eigenvalue weighted by atomic mass is 35.5. The van der Waals surface area contributed by atoms with Gasteiger partial charge in [0.2, 0.25) is 0 Å². The van der Waals surface area contributed by atoms with E-state index in [0.717, 1.165) is 18.2 Å². The molecule has 0 bridgehead atoms. The van der Waals surface area contributed by atoms with E-state index in [1.165, 1.54) is 0 Å². The Balaban J connectivity index is 2.24. The minimum atomic E-state index is -0.856. The van der Waals surface area contributed by atoms with Crippen molar-refractivity contribution in [2.24, 2.45) is 0 Å². The van der Waals surface area contributed by atoms with E-state index >= 15 is 0 Å². The quantitative estimate of drug-likeness (QED) is 0.834. The molecule has 0 saturated heterocycles. The van der Waals surface area contributed by atoms with Gasteiger partial charge in [0.15, 0.2) is 0 Å². The third kappa shape index (κ3) is 1.97. The highest BCUT2D eigenvalue weighted by Gasteiger charge is 2.44. The standard InChI is InChI=1S/C15H13Cl2NO2/c16-12-6-3-9-11(18-12)5-4-10(13(9)17)15(14(19)20)7-1-2-8-15/h3-6H,1-2,7-8H2,(H,19,20). The largest absolute Gasteiger partial charge is 0.481 e. The summed E-state index contributed by atoms with van der Waals surface area (Å²) < 4.78 is 0. The van der Waals surface area contributed by atoms with Crippen molar-refractivity contribution >= 4 is 40.1 Å². The van der Waals surface area contributed by atoms with Crippen LogP contribution in [0.25, 0.3) is 10.9 Å². The van der Waals surface area contributed by atoms with Gasteiger partial charge in [0.05, 0.1) is 16.0 Å². The van der Waals surface area contributed by atoms with Crippen LogP contribution in [0.5, 0.6) is 0 Å². The maximum Gasteiger partial charge on any atom is 0.314 e. The van der Waals surface area contributed by atoms with E-state index in [1.54, 1.807) is 24.3 Å². The molecule has 0 radical (unpaired) electrons. The number of aliphatic carboxylic acids is 1. The summed E-state index contributed by atoms with van der Waals surface area (Å²) in [7, 11) is 0. The molecule has 0 unspecified atom stereocenters. The average molecular weight is 310 g/mol. The Morgan fingerprint density at radius 1 is 1.15 bits per heavy atom. The lowest BCUT2D eigenvalue weighted by atomic mass is 9.78. The lowest BCUT2D eigenvalue weighted by Gasteiger charge is -2.26. The van der Waals surface area contributed by atoms with Crippen molar-refractivity contribution in [3.63, 3.8) is 0 Å². The summed E-state index contributed by atoms with van der Waals surface area (Å²) in [5.74, 6) is -0.793. The average Bonchev–Trinajstić information content (AvgIpc) is 2.89. The van der Waals surface area contributed by atoms with Crippen LogP contribution in [0.4, 0.5) is 0 Å². The van der Waals surface area contributed by atoms with Crippen molar-refractivity contribution in [1.29, 1.82) is 0 Å². The van der Waals surface area contributed by atoms with E-state index in [9.17, 15) is 9.90 Å². The third-order valence-electron chi connectivity index (χ3n) is 4.15. The van der Waals surface area contributed by atoms with Gasteiger partial charge < -0.3 is 5.11 Å². The van der Waals surface area contributed by atoms with Gasteiger partial charge >= 0.3 is 5.97 Å². The monoisotopic (exact) mass is 309 g/mol. The molecule has 20 heavy (non-hydrogen) atoms. The van der Waals surface area contributed by atoms with Crippen LogP contribution in [0.2, 0.25) is 10.2 Å². The number of aromatic nitrogens is 1. The third-order valence-corrected chi connectivity index (χ3v) is 4.77. The fourth-order valence-corrected chi connectivity index (χ4v) is 3.65. The number of benzene rings is 1. The highest BCUT2D eigenvalue weighted by Crippen LogP contribution is 2.45. The van der Waals surface area contributed by atoms with Crippen molar-refractivity contribution in [2.75, 3.05) is 0 Å². The number of nitrogens with zero attached hydrogens (tertiary/aromatic N) is 1. The van der Waals surface area contributed by atoms with Crippen LogP contribution in [0.3, 0.4) is 0 Å². The van der Waals surface area contributed by atoms with Crippen LogP contribution < -0.4 is 0 Å². The molecule has 3 rings (SSSR count). The first kappa shape index (κ1) is 13.7. The Bertz CT molecular complexity index is 694. The molecule has 0 aliphatic heterocycles. The Morgan fingerprint density at radius 2 is 1.85 bits per heavy atom. The molecule has 104 valence electrons. The van der Waals surface area contributed by atoms with Gasteiger partial charge in [-0.3, -0.25) is 4.79 Å². The van der Waals surface area contributed by atoms with Gasteiger partial charge in [-0.05, 0) is 36.6 Å². The topological polar surface area (TPSA) is 50.2 Å². The van der Waals surface area contributed by atoms with Crippen LogP contribution in [0.15, 0.2) is 24.3 Å². The molecule has 1 aromatic heterocycles. The fourth-order valence-electron chi connectivity index (χ4n) is 3.09. The summed E-state index contributed by atoms with van der Waals surface area (Å²) >= 11 is 12.3. The van der Waals surface area contributed by atoms with Gasteiger partial charge in [0.1, 0.15) is 5.15 Å². The number of fused-ring (bicyclic) bond motifs is 1. The first-order chi connectivity index (χ1) is 9.54. The van der Waals surface area contributed by atoms with Crippen molar-refractivity contribution in [2.45, 2.75) is 31.1 Å². The summed E-state index contributed by atoms with van der Waals surface area (Å²) in [4.78, 5) is 16.0. The van der Waals surface area contributed by atoms with E-state index in [1.807, 2.05) is 0 Å². The van der Waals surface area contributed by atoms with Crippen molar-refractivity contribution < 1.29 is 9.90 Å². The maximum absolute atomic E-state index is 11.8. The lowest BCUT2D eigenvalue weighted by Crippen LogP contribution is -2.32. The predicted octanol–water partition coefficient (Wildman–Crippen LogP) is 4.44.